The van der Waals surface area contributed by atoms with Crippen LogP contribution in [-0.4, -0.2) is 35.7 Å². The molecule has 3 rings (SSSR count). The Balaban J connectivity index is 1.95. The first-order valence-electron chi connectivity index (χ1n) is 8.02. The van der Waals surface area contributed by atoms with Crippen molar-refractivity contribution in [3.63, 3.8) is 0 Å². The van der Waals surface area contributed by atoms with Crippen LogP contribution in [0.5, 0.6) is 0 Å². The van der Waals surface area contributed by atoms with Gasteiger partial charge in [0.1, 0.15) is 4.21 Å². The van der Waals surface area contributed by atoms with E-state index in [1.54, 1.807) is 11.0 Å². The number of amidine groups is 1. The first-order valence-corrected chi connectivity index (χ1v) is 11.5. The van der Waals surface area contributed by atoms with E-state index in [0.29, 0.717) is 15.9 Å². The van der Waals surface area contributed by atoms with E-state index in [9.17, 15) is 13.2 Å². The number of thiophene rings is 1. The van der Waals surface area contributed by atoms with Gasteiger partial charge in [-0.05, 0) is 31.4 Å². The van der Waals surface area contributed by atoms with Gasteiger partial charge in [0, 0.05) is 6.04 Å². The number of nitrogens with zero attached hydrogens (tertiary/aromatic N) is 2. The monoisotopic (exact) mass is 406 g/mol. The summed E-state index contributed by atoms with van der Waals surface area (Å²) in [7, 11) is -3.84. The molecule has 0 aromatic carbocycles. The van der Waals surface area contributed by atoms with Crippen LogP contribution in [0.3, 0.4) is 0 Å². The molecule has 1 aromatic heterocycles. The van der Waals surface area contributed by atoms with Gasteiger partial charge in [-0.2, -0.15) is 8.42 Å². The molecule has 24 heavy (non-hydrogen) atoms. The minimum Gasteiger partial charge on any atom is -0.287 e. The fraction of sp³-hybridized carbons (Fsp3) is 0.600. The Morgan fingerprint density at radius 1 is 1.29 bits per heavy atom. The molecule has 2 fully saturated rings. The highest BCUT2D eigenvalue weighted by Gasteiger charge is 2.42. The molecule has 0 spiro atoms. The number of halogens is 1. The molecule has 1 aliphatic carbocycles. The lowest BCUT2D eigenvalue weighted by molar-refractivity contribution is -0.128. The highest BCUT2D eigenvalue weighted by Crippen LogP contribution is 2.36. The van der Waals surface area contributed by atoms with Gasteiger partial charge < -0.3 is 0 Å². The number of thioether (sulfide) groups is 1. The Kier molecular flexibility index (Phi) is 5.58. The Morgan fingerprint density at radius 3 is 2.58 bits per heavy atom. The summed E-state index contributed by atoms with van der Waals surface area (Å²) in [5.74, 6) is -0.00689. The van der Waals surface area contributed by atoms with Gasteiger partial charge in [-0.15, -0.1) is 15.7 Å². The largest absolute Gasteiger partial charge is 0.294 e. The van der Waals surface area contributed by atoms with E-state index in [1.165, 1.54) is 24.2 Å². The molecule has 1 saturated heterocycles. The summed E-state index contributed by atoms with van der Waals surface area (Å²) in [4.78, 5) is 14.3. The topological polar surface area (TPSA) is 66.8 Å². The molecular weight excluding hydrogens is 388 g/mol. The van der Waals surface area contributed by atoms with Crippen molar-refractivity contribution >= 4 is 55.8 Å². The first-order chi connectivity index (χ1) is 11.4. The van der Waals surface area contributed by atoms with E-state index in [1.807, 2.05) is 6.92 Å². The molecule has 0 unspecified atom stereocenters. The standard InChI is InChI=1S/C15H19ClN2O3S3/c1-2-11-14(19)18(10-6-4-3-5-7-10)15(22-11)17-24(20,21)13-9-8-12(16)23-13/h8-11H,2-7H2,1H3/t11-/m1/s1. The lowest BCUT2D eigenvalue weighted by Gasteiger charge is -2.30. The molecule has 5 nitrogen and oxygen atoms in total. The number of hydrogen-bond donors (Lipinski definition) is 0. The number of hydrogen-bond acceptors (Lipinski definition) is 5. The zero-order chi connectivity index (χ0) is 17.3. The van der Waals surface area contributed by atoms with Crippen LogP contribution in [0.4, 0.5) is 0 Å². The van der Waals surface area contributed by atoms with Crippen molar-refractivity contribution in [1.29, 1.82) is 0 Å². The van der Waals surface area contributed by atoms with Crippen molar-refractivity contribution in [2.75, 3.05) is 0 Å². The van der Waals surface area contributed by atoms with Crippen LogP contribution in [0.2, 0.25) is 4.34 Å². The fourth-order valence-corrected chi connectivity index (χ4v) is 6.86. The number of rotatable bonds is 4. The average Bonchev–Trinajstić information content (AvgIpc) is 3.12. The van der Waals surface area contributed by atoms with Crippen molar-refractivity contribution in [2.24, 2.45) is 4.40 Å². The summed E-state index contributed by atoms with van der Waals surface area (Å²) in [6.07, 6.45) is 5.78. The van der Waals surface area contributed by atoms with Gasteiger partial charge in [0.25, 0.3) is 10.0 Å². The number of sulfonamides is 1. The summed E-state index contributed by atoms with van der Waals surface area (Å²) >= 11 is 8.09. The average molecular weight is 407 g/mol. The zero-order valence-electron chi connectivity index (χ0n) is 13.3. The minimum absolute atomic E-state index is 0.00689. The van der Waals surface area contributed by atoms with Crippen molar-refractivity contribution in [1.82, 2.24) is 4.90 Å². The van der Waals surface area contributed by atoms with E-state index in [0.717, 1.165) is 37.0 Å². The van der Waals surface area contributed by atoms with Gasteiger partial charge in [0.15, 0.2) is 5.17 Å². The highest BCUT2D eigenvalue weighted by atomic mass is 35.5. The second-order valence-corrected chi connectivity index (χ2v) is 10.6. The van der Waals surface area contributed by atoms with Crippen molar-refractivity contribution in [3.05, 3.63) is 16.5 Å². The quantitative estimate of drug-likeness (QED) is 0.753. The molecular formula is C15H19ClN2O3S3. The lowest BCUT2D eigenvalue weighted by atomic mass is 9.94. The second-order valence-electron chi connectivity index (χ2n) is 5.92. The molecule has 0 bridgehead atoms. The van der Waals surface area contributed by atoms with Crippen molar-refractivity contribution in [3.8, 4) is 0 Å². The van der Waals surface area contributed by atoms with E-state index in [-0.39, 0.29) is 21.4 Å². The van der Waals surface area contributed by atoms with Crippen LogP contribution in [0.1, 0.15) is 45.4 Å². The molecule has 9 heteroatoms. The van der Waals surface area contributed by atoms with Crippen molar-refractivity contribution in [2.45, 2.75) is 60.9 Å². The third-order valence-electron chi connectivity index (χ3n) is 4.28. The van der Waals surface area contributed by atoms with E-state index in [2.05, 4.69) is 4.40 Å². The second kappa shape index (κ2) is 7.35. The lowest BCUT2D eigenvalue weighted by Crippen LogP contribution is -2.42. The van der Waals surface area contributed by atoms with Gasteiger partial charge in [-0.25, -0.2) is 0 Å². The van der Waals surface area contributed by atoms with Gasteiger partial charge >= 0.3 is 0 Å². The van der Waals surface area contributed by atoms with Crippen LogP contribution in [-0.2, 0) is 14.8 Å². The summed E-state index contributed by atoms with van der Waals surface area (Å²) in [5.41, 5.74) is 0. The maximum absolute atomic E-state index is 12.7. The Labute approximate surface area is 155 Å². The van der Waals surface area contributed by atoms with Crippen LogP contribution in [0.15, 0.2) is 20.7 Å². The van der Waals surface area contributed by atoms with Crippen LogP contribution < -0.4 is 0 Å². The molecule has 1 aromatic rings. The van der Waals surface area contributed by atoms with E-state index < -0.39 is 10.0 Å². The van der Waals surface area contributed by atoms with Crippen LogP contribution in [0, 0.1) is 0 Å². The first kappa shape index (κ1) is 18.2. The molecule has 1 saturated carbocycles. The number of amides is 1. The maximum Gasteiger partial charge on any atom is 0.294 e. The molecule has 1 amide bonds. The third-order valence-corrected chi connectivity index (χ3v) is 8.68. The smallest absolute Gasteiger partial charge is 0.287 e. The predicted molar refractivity (Wildman–Crippen MR) is 99.3 cm³/mol. The molecule has 0 N–H and O–H groups in total. The molecule has 2 aliphatic rings. The number of carbonyl (C=O) groups excluding carboxylic acids is 1. The van der Waals surface area contributed by atoms with Gasteiger partial charge in [0.05, 0.1) is 9.59 Å². The zero-order valence-corrected chi connectivity index (χ0v) is 16.5. The Bertz CT molecular complexity index is 754. The molecule has 0 radical (unpaired) electrons. The molecule has 1 atom stereocenters. The summed E-state index contributed by atoms with van der Waals surface area (Å²) in [6, 6.07) is 3.06. The van der Waals surface area contributed by atoms with Gasteiger partial charge in [-0.3, -0.25) is 9.69 Å². The fourth-order valence-electron chi connectivity index (χ4n) is 3.07. The van der Waals surface area contributed by atoms with Crippen molar-refractivity contribution < 1.29 is 13.2 Å². The molecule has 132 valence electrons. The van der Waals surface area contributed by atoms with Gasteiger partial charge in [0.2, 0.25) is 5.91 Å². The SMILES string of the molecule is CC[C@H]1SC(=NS(=O)(=O)c2ccc(Cl)s2)N(C2CCCCC2)C1=O. The van der Waals surface area contributed by atoms with Gasteiger partial charge in [-0.1, -0.05) is 49.5 Å². The molecule has 1 aliphatic heterocycles. The van der Waals surface area contributed by atoms with Crippen LogP contribution >= 0.6 is 34.7 Å². The number of carbonyl (C=O) groups is 1. The predicted octanol–water partition coefficient (Wildman–Crippen LogP) is 4.13. The van der Waals surface area contributed by atoms with E-state index >= 15 is 0 Å². The minimum atomic E-state index is -3.84. The normalized spacial score (nSPS) is 24.9. The van der Waals surface area contributed by atoms with E-state index in [4.69, 9.17) is 11.6 Å². The Hall–Kier alpha value is -0.570. The summed E-state index contributed by atoms with van der Waals surface area (Å²) < 4.78 is 29.6. The summed E-state index contributed by atoms with van der Waals surface area (Å²) in [6.45, 7) is 1.94. The highest BCUT2D eigenvalue weighted by molar-refractivity contribution is 8.16. The maximum atomic E-state index is 12.7. The summed E-state index contributed by atoms with van der Waals surface area (Å²) in [5, 5.41) is 0.0797. The van der Waals surface area contributed by atoms with Crippen LogP contribution in [0.25, 0.3) is 0 Å². The molecule has 2 heterocycles. The Morgan fingerprint density at radius 2 is 2.00 bits per heavy atom. The third kappa shape index (κ3) is 3.66.